The van der Waals surface area contributed by atoms with Crippen molar-refractivity contribution in [3.05, 3.63) is 29.8 Å². The van der Waals surface area contributed by atoms with Gasteiger partial charge >= 0.3 is 6.09 Å². The fourth-order valence-electron chi connectivity index (χ4n) is 4.47. The van der Waals surface area contributed by atoms with Crippen LogP contribution in [0.5, 0.6) is 17.2 Å². The van der Waals surface area contributed by atoms with Crippen LogP contribution in [-0.2, 0) is 9.53 Å². The SMILES string of the molecule is COc1cc([C@@H](C(=O)N2C(=O)OC[C@@H]2C(C)C)[C@H]2C=CCCCC2)cc(OC)c1OC. The Labute approximate surface area is 184 Å². The summed E-state index contributed by atoms with van der Waals surface area (Å²) in [5.41, 5.74) is 0.734. The van der Waals surface area contributed by atoms with Crippen molar-refractivity contribution in [2.45, 2.75) is 51.5 Å². The molecule has 0 spiro atoms. The second-order valence-electron chi connectivity index (χ2n) is 8.41. The highest BCUT2D eigenvalue weighted by molar-refractivity contribution is 5.97. The average molecular weight is 432 g/mol. The molecule has 2 amide bonds. The molecule has 0 unspecified atom stereocenters. The number of carbonyl (C=O) groups excluding carboxylic acids is 2. The summed E-state index contributed by atoms with van der Waals surface area (Å²) in [6.45, 7) is 4.21. The number of allylic oxidation sites excluding steroid dienone is 2. The molecule has 0 bridgehead atoms. The third-order valence-corrected chi connectivity index (χ3v) is 6.19. The largest absolute Gasteiger partial charge is 0.493 e. The second-order valence-corrected chi connectivity index (χ2v) is 8.41. The van der Waals surface area contributed by atoms with E-state index >= 15 is 0 Å². The van der Waals surface area contributed by atoms with Crippen LogP contribution in [0.25, 0.3) is 0 Å². The third-order valence-electron chi connectivity index (χ3n) is 6.19. The number of rotatable bonds is 7. The van der Waals surface area contributed by atoms with E-state index in [4.69, 9.17) is 18.9 Å². The minimum absolute atomic E-state index is 0.0426. The molecule has 0 saturated carbocycles. The van der Waals surface area contributed by atoms with Crippen LogP contribution < -0.4 is 14.2 Å². The van der Waals surface area contributed by atoms with Crippen molar-refractivity contribution in [1.82, 2.24) is 4.90 Å². The summed E-state index contributed by atoms with van der Waals surface area (Å²) in [6, 6.07) is 3.35. The van der Waals surface area contributed by atoms with Gasteiger partial charge in [0.1, 0.15) is 6.61 Å². The fraction of sp³-hybridized carbons (Fsp3) is 0.583. The van der Waals surface area contributed by atoms with E-state index in [1.54, 1.807) is 21.3 Å². The quantitative estimate of drug-likeness (QED) is 0.590. The van der Waals surface area contributed by atoms with Crippen molar-refractivity contribution in [3.8, 4) is 17.2 Å². The van der Waals surface area contributed by atoms with Crippen molar-refractivity contribution in [2.75, 3.05) is 27.9 Å². The van der Waals surface area contributed by atoms with Gasteiger partial charge in [-0.1, -0.05) is 32.4 Å². The van der Waals surface area contributed by atoms with E-state index < -0.39 is 12.0 Å². The van der Waals surface area contributed by atoms with Gasteiger partial charge in [-0.05, 0) is 48.8 Å². The lowest BCUT2D eigenvalue weighted by Gasteiger charge is -2.31. The molecule has 31 heavy (non-hydrogen) atoms. The number of cyclic esters (lactones) is 1. The van der Waals surface area contributed by atoms with E-state index in [1.807, 2.05) is 26.0 Å². The van der Waals surface area contributed by atoms with Gasteiger partial charge < -0.3 is 18.9 Å². The third kappa shape index (κ3) is 4.65. The molecule has 1 saturated heterocycles. The monoisotopic (exact) mass is 431 g/mol. The van der Waals surface area contributed by atoms with Crippen molar-refractivity contribution in [2.24, 2.45) is 11.8 Å². The zero-order chi connectivity index (χ0) is 22.5. The van der Waals surface area contributed by atoms with E-state index in [0.717, 1.165) is 31.2 Å². The maximum Gasteiger partial charge on any atom is 0.417 e. The maximum atomic E-state index is 13.9. The van der Waals surface area contributed by atoms with Gasteiger partial charge in [0.25, 0.3) is 0 Å². The summed E-state index contributed by atoms with van der Waals surface area (Å²) >= 11 is 0. The molecule has 170 valence electrons. The van der Waals surface area contributed by atoms with Crippen LogP contribution in [0.15, 0.2) is 24.3 Å². The molecule has 1 aromatic rings. The van der Waals surface area contributed by atoms with Crippen molar-refractivity contribution < 1.29 is 28.5 Å². The van der Waals surface area contributed by atoms with Gasteiger partial charge in [0.15, 0.2) is 11.5 Å². The molecule has 1 fully saturated rings. The molecule has 0 radical (unpaired) electrons. The van der Waals surface area contributed by atoms with Gasteiger partial charge in [-0.15, -0.1) is 0 Å². The number of methoxy groups -OCH3 is 3. The lowest BCUT2D eigenvalue weighted by Crippen LogP contribution is -2.45. The topological polar surface area (TPSA) is 74.3 Å². The molecular formula is C24H33NO6. The minimum atomic E-state index is -0.571. The Morgan fingerprint density at radius 3 is 2.35 bits per heavy atom. The van der Waals surface area contributed by atoms with E-state index in [9.17, 15) is 9.59 Å². The number of imide groups is 1. The maximum absolute atomic E-state index is 13.9. The van der Waals surface area contributed by atoms with Crippen LogP contribution in [0.1, 0.15) is 51.0 Å². The first kappa shape index (κ1) is 23.0. The first-order valence-corrected chi connectivity index (χ1v) is 10.9. The first-order chi connectivity index (χ1) is 14.9. The predicted octanol–water partition coefficient (Wildman–Crippen LogP) is 4.55. The molecule has 1 heterocycles. The standard InChI is InChI=1S/C24H33NO6/c1-15(2)18-14-31-24(27)25(18)23(26)21(16-10-8-6-7-9-11-16)17-12-19(28-3)22(30-5)20(13-17)29-4/h8,10,12-13,15-16,18,21H,6-7,9,11,14H2,1-5H3/t16-,18+,21-/m0/s1. The summed E-state index contributed by atoms with van der Waals surface area (Å²) in [7, 11) is 4.65. The predicted molar refractivity (Wildman–Crippen MR) is 117 cm³/mol. The summed E-state index contributed by atoms with van der Waals surface area (Å²) in [5.74, 6) is 0.687. The summed E-state index contributed by atoms with van der Waals surface area (Å²) in [6.07, 6.45) is 7.64. The Morgan fingerprint density at radius 1 is 1.10 bits per heavy atom. The van der Waals surface area contributed by atoms with Crippen molar-refractivity contribution >= 4 is 12.0 Å². The Kier molecular flexibility index (Phi) is 7.46. The van der Waals surface area contributed by atoms with Gasteiger partial charge in [0.2, 0.25) is 11.7 Å². The molecule has 1 aromatic carbocycles. The molecule has 0 aromatic heterocycles. The molecule has 7 heteroatoms. The normalized spacial score (nSPS) is 22.1. The highest BCUT2D eigenvalue weighted by Crippen LogP contribution is 2.44. The zero-order valence-corrected chi connectivity index (χ0v) is 19.1. The molecule has 0 N–H and O–H groups in total. The van der Waals surface area contributed by atoms with Crippen LogP contribution in [0.4, 0.5) is 4.79 Å². The molecule has 1 aliphatic heterocycles. The molecule has 7 nitrogen and oxygen atoms in total. The number of benzene rings is 1. The van der Waals surface area contributed by atoms with E-state index in [-0.39, 0.29) is 30.4 Å². The van der Waals surface area contributed by atoms with Crippen LogP contribution in [0.2, 0.25) is 0 Å². The first-order valence-electron chi connectivity index (χ1n) is 10.9. The van der Waals surface area contributed by atoms with E-state index in [1.165, 1.54) is 4.90 Å². The molecule has 3 atom stereocenters. The average Bonchev–Trinajstić information content (AvgIpc) is 2.96. The Bertz CT molecular complexity index is 808. The lowest BCUT2D eigenvalue weighted by molar-refractivity contribution is -0.132. The number of ether oxygens (including phenoxy) is 4. The number of nitrogens with zero attached hydrogens (tertiary/aromatic N) is 1. The highest BCUT2D eigenvalue weighted by atomic mass is 16.6. The van der Waals surface area contributed by atoms with Crippen molar-refractivity contribution in [3.63, 3.8) is 0 Å². The second kappa shape index (κ2) is 10.1. The Hall–Kier alpha value is -2.70. The molecular weight excluding hydrogens is 398 g/mol. The van der Waals surface area contributed by atoms with E-state index in [2.05, 4.69) is 12.2 Å². The number of hydrogen-bond donors (Lipinski definition) is 0. The van der Waals surface area contributed by atoms with Gasteiger partial charge in [0, 0.05) is 0 Å². The minimum Gasteiger partial charge on any atom is -0.493 e. The fourth-order valence-corrected chi connectivity index (χ4v) is 4.47. The molecule has 2 aliphatic rings. The highest BCUT2D eigenvalue weighted by Gasteiger charge is 2.44. The molecule has 1 aliphatic carbocycles. The Morgan fingerprint density at radius 2 is 1.77 bits per heavy atom. The van der Waals surface area contributed by atoms with Crippen LogP contribution >= 0.6 is 0 Å². The van der Waals surface area contributed by atoms with Crippen LogP contribution in [0.3, 0.4) is 0 Å². The number of hydrogen-bond acceptors (Lipinski definition) is 6. The van der Waals surface area contributed by atoms with Gasteiger partial charge in [-0.2, -0.15) is 0 Å². The van der Waals surface area contributed by atoms with Crippen LogP contribution in [-0.4, -0.2) is 50.9 Å². The zero-order valence-electron chi connectivity index (χ0n) is 19.1. The number of carbonyl (C=O) groups is 2. The van der Waals surface area contributed by atoms with E-state index in [0.29, 0.717) is 17.2 Å². The summed E-state index contributed by atoms with van der Waals surface area (Å²) < 4.78 is 21.8. The van der Waals surface area contributed by atoms with Crippen LogP contribution in [0, 0.1) is 11.8 Å². The smallest absolute Gasteiger partial charge is 0.417 e. The van der Waals surface area contributed by atoms with Gasteiger partial charge in [-0.25, -0.2) is 9.69 Å². The summed E-state index contributed by atoms with van der Waals surface area (Å²) in [5, 5.41) is 0. The number of amides is 2. The lowest BCUT2D eigenvalue weighted by atomic mass is 9.81. The summed E-state index contributed by atoms with van der Waals surface area (Å²) in [4.78, 5) is 27.8. The molecule has 3 rings (SSSR count). The van der Waals surface area contributed by atoms with Gasteiger partial charge in [-0.3, -0.25) is 4.79 Å². The van der Waals surface area contributed by atoms with Gasteiger partial charge in [0.05, 0.1) is 33.3 Å². The Balaban J connectivity index is 2.11. The van der Waals surface area contributed by atoms with Crippen molar-refractivity contribution in [1.29, 1.82) is 0 Å².